The lowest BCUT2D eigenvalue weighted by atomic mass is 10.0. The molecule has 2 amide bonds. The van der Waals surface area contributed by atoms with Crippen LogP contribution in [0.3, 0.4) is 0 Å². The van der Waals surface area contributed by atoms with Crippen molar-refractivity contribution in [2.24, 2.45) is 0 Å². The largest absolute Gasteiger partial charge is 0.407 e. The van der Waals surface area contributed by atoms with E-state index in [0.717, 1.165) is 11.3 Å². The van der Waals surface area contributed by atoms with E-state index < -0.39 is 12.0 Å². The summed E-state index contributed by atoms with van der Waals surface area (Å²) in [5.41, 5.74) is 1.03. The maximum atomic E-state index is 12.8. The predicted molar refractivity (Wildman–Crippen MR) is 107 cm³/mol. The molecule has 0 saturated heterocycles. The third kappa shape index (κ3) is 4.93. The second kappa shape index (κ2) is 8.64. The van der Waals surface area contributed by atoms with Crippen LogP contribution in [0.5, 0.6) is 5.88 Å². The van der Waals surface area contributed by atoms with Gasteiger partial charge in [0.05, 0.1) is 11.1 Å². The van der Waals surface area contributed by atoms with E-state index in [9.17, 15) is 14.4 Å². The number of carbonyl (C=O) groups excluding carboxylic acids is 3. The van der Waals surface area contributed by atoms with Crippen molar-refractivity contribution in [2.75, 3.05) is 10.6 Å². The number of esters is 1. The van der Waals surface area contributed by atoms with Crippen molar-refractivity contribution in [3.8, 4) is 5.88 Å². The predicted octanol–water partition coefficient (Wildman–Crippen LogP) is 4.60. The molecule has 0 bridgehead atoms. The minimum Gasteiger partial charge on any atom is -0.407 e. The molecule has 0 atom stereocenters. The maximum Gasteiger partial charge on any atom is 0.325 e. The summed E-state index contributed by atoms with van der Waals surface area (Å²) >= 11 is 7.12. The number of halogens is 1. The van der Waals surface area contributed by atoms with Crippen molar-refractivity contribution in [2.45, 2.75) is 6.92 Å². The Kier molecular flexibility index (Phi) is 6.03. The van der Waals surface area contributed by atoms with E-state index >= 15 is 0 Å². The highest BCUT2D eigenvalue weighted by atomic mass is 35.5. The smallest absolute Gasteiger partial charge is 0.325 e. The highest BCUT2D eigenvalue weighted by Crippen LogP contribution is 2.25. The van der Waals surface area contributed by atoms with Crippen molar-refractivity contribution >= 4 is 51.5 Å². The van der Waals surface area contributed by atoms with E-state index in [0.29, 0.717) is 16.3 Å². The summed E-state index contributed by atoms with van der Waals surface area (Å²) in [5, 5.41) is 7.24. The lowest BCUT2D eigenvalue weighted by molar-refractivity contribution is -0.132. The highest BCUT2D eigenvalue weighted by Gasteiger charge is 2.17. The second-order valence-corrected chi connectivity index (χ2v) is 6.84. The summed E-state index contributed by atoms with van der Waals surface area (Å²) in [7, 11) is 0. The molecule has 3 rings (SSSR count). The molecule has 0 spiro atoms. The number of ether oxygens (including phenoxy) is 1. The third-order valence-corrected chi connectivity index (χ3v) is 4.43. The Bertz CT molecular complexity index is 1040. The molecule has 3 aromatic rings. The minimum atomic E-state index is -0.604. The summed E-state index contributed by atoms with van der Waals surface area (Å²) in [6, 6.07) is 12.7. The van der Waals surface area contributed by atoms with E-state index in [1.54, 1.807) is 42.5 Å². The minimum absolute atomic E-state index is 0.0965. The van der Waals surface area contributed by atoms with Gasteiger partial charge in [0.25, 0.3) is 0 Å². The van der Waals surface area contributed by atoms with Gasteiger partial charge in [0, 0.05) is 23.1 Å². The number of thiazole rings is 1. The number of hydrogen-bond donors (Lipinski definition) is 2. The zero-order valence-corrected chi connectivity index (χ0v) is 16.1. The van der Waals surface area contributed by atoms with Gasteiger partial charge in [0.1, 0.15) is 0 Å². The number of amides is 2. The van der Waals surface area contributed by atoms with Crippen LogP contribution in [0.15, 0.2) is 53.9 Å². The average molecular weight is 416 g/mol. The summed E-state index contributed by atoms with van der Waals surface area (Å²) < 4.78 is 4.84. The van der Waals surface area contributed by atoms with Gasteiger partial charge in [-0.25, -0.2) is 4.79 Å². The van der Waals surface area contributed by atoms with Crippen LogP contribution >= 0.6 is 22.9 Å². The Hall–Kier alpha value is -3.23. The van der Waals surface area contributed by atoms with Gasteiger partial charge >= 0.3 is 12.0 Å². The molecule has 9 heteroatoms. The van der Waals surface area contributed by atoms with Crippen LogP contribution in [0.25, 0.3) is 0 Å². The summed E-state index contributed by atoms with van der Waals surface area (Å²) in [4.78, 5) is 40.0. The van der Waals surface area contributed by atoms with Crippen molar-refractivity contribution in [3.63, 3.8) is 0 Å². The Morgan fingerprint density at radius 3 is 2.54 bits per heavy atom. The van der Waals surface area contributed by atoms with Gasteiger partial charge in [-0.15, -0.1) is 11.3 Å². The number of nitrogens with zero attached hydrogens (tertiary/aromatic N) is 1. The SMILES string of the molecule is CC(=O)Oc1csc(NC(=O)Nc2ccc(Cl)cc2C(=O)c2ccccc2)n1. The fourth-order valence-electron chi connectivity index (χ4n) is 2.32. The summed E-state index contributed by atoms with van der Waals surface area (Å²) in [5.74, 6) is -0.685. The topological polar surface area (TPSA) is 97.4 Å². The molecule has 0 unspecified atom stereocenters. The van der Waals surface area contributed by atoms with Crippen LogP contribution in [0.2, 0.25) is 5.02 Å². The van der Waals surface area contributed by atoms with E-state index in [1.165, 1.54) is 18.4 Å². The molecule has 0 aliphatic rings. The number of hydrogen-bond acceptors (Lipinski definition) is 6. The number of nitrogens with one attached hydrogen (secondary N) is 2. The first-order valence-corrected chi connectivity index (χ1v) is 9.29. The Morgan fingerprint density at radius 2 is 1.82 bits per heavy atom. The quantitative estimate of drug-likeness (QED) is 0.469. The van der Waals surface area contributed by atoms with Crippen LogP contribution in [0.4, 0.5) is 15.6 Å². The van der Waals surface area contributed by atoms with Gasteiger partial charge in [-0.1, -0.05) is 41.9 Å². The fraction of sp³-hybridized carbons (Fsp3) is 0.0526. The third-order valence-electron chi connectivity index (χ3n) is 3.46. The molecule has 1 aromatic heterocycles. The normalized spacial score (nSPS) is 10.2. The van der Waals surface area contributed by atoms with Crippen LogP contribution < -0.4 is 15.4 Å². The maximum absolute atomic E-state index is 12.8. The zero-order valence-electron chi connectivity index (χ0n) is 14.6. The van der Waals surface area contributed by atoms with E-state index in [2.05, 4.69) is 15.6 Å². The summed E-state index contributed by atoms with van der Waals surface area (Å²) in [6.07, 6.45) is 0. The number of anilines is 2. The fourth-order valence-corrected chi connectivity index (χ4v) is 3.10. The Morgan fingerprint density at radius 1 is 1.07 bits per heavy atom. The molecular weight excluding hydrogens is 402 g/mol. The van der Waals surface area contributed by atoms with Gasteiger partial charge in [0.2, 0.25) is 5.88 Å². The molecule has 28 heavy (non-hydrogen) atoms. The molecule has 0 radical (unpaired) electrons. The molecule has 7 nitrogen and oxygen atoms in total. The van der Waals surface area contributed by atoms with E-state index in [1.807, 2.05) is 0 Å². The molecule has 142 valence electrons. The van der Waals surface area contributed by atoms with E-state index in [-0.39, 0.29) is 22.4 Å². The molecule has 1 heterocycles. The van der Waals surface area contributed by atoms with Crippen molar-refractivity contribution in [1.29, 1.82) is 0 Å². The van der Waals surface area contributed by atoms with Gasteiger partial charge in [-0.3, -0.25) is 14.9 Å². The molecule has 2 N–H and O–H groups in total. The number of ketones is 1. The number of aromatic nitrogens is 1. The zero-order chi connectivity index (χ0) is 20.1. The van der Waals surface area contributed by atoms with Crippen LogP contribution in [-0.2, 0) is 4.79 Å². The monoisotopic (exact) mass is 415 g/mol. The van der Waals surface area contributed by atoms with Crippen LogP contribution in [0.1, 0.15) is 22.8 Å². The lowest BCUT2D eigenvalue weighted by Gasteiger charge is -2.11. The highest BCUT2D eigenvalue weighted by molar-refractivity contribution is 7.14. The molecule has 0 saturated carbocycles. The molecule has 2 aromatic carbocycles. The Balaban J connectivity index is 1.76. The summed E-state index contributed by atoms with van der Waals surface area (Å²) in [6.45, 7) is 1.25. The second-order valence-electron chi connectivity index (χ2n) is 5.55. The number of carbonyl (C=O) groups is 3. The van der Waals surface area contributed by atoms with Gasteiger partial charge in [-0.05, 0) is 18.2 Å². The van der Waals surface area contributed by atoms with Crippen LogP contribution in [0, 0.1) is 0 Å². The van der Waals surface area contributed by atoms with Crippen LogP contribution in [-0.4, -0.2) is 22.8 Å². The van der Waals surface area contributed by atoms with Gasteiger partial charge in [0.15, 0.2) is 10.9 Å². The first kappa shape index (κ1) is 19.5. The number of rotatable bonds is 5. The standard InChI is InChI=1S/C19H14ClN3O4S/c1-11(24)27-16-10-28-19(22-16)23-18(26)21-15-8-7-13(20)9-14(15)17(25)12-5-3-2-4-6-12/h2-10H,1H3,(H2,21,22,23,26). The van der Waals surface area contributed by atoms with Crippen molar-refractivity contribution < 1.29 is 19.1 Å². The number of urea groups is 1. The van der Waals surface area contributed by atoms with E-state index in [4.69, 9.17) is 16.3 Å². The first-order chi connectivity index (χ1) is 13.4. The first-order valence-electron chi connectivity index (χ1n) is 8.03. The van der Waals surface area contributed by atoms with Gasteiger partial charge < -0.3 is 10.1 Å². The molecule has 0 aliphatic heterocycles. The lowest BCUT2D eigenvalue weighted by Crippen LogP contribution is -2.21. The average Bonchev–Trinajstić information content (AvgIpc) is 3.09. The number of benzene rings is 2. The Labute approximate surface area is 169 Å². The van der Waals surface area contributed by atoms with Gasteiger partial charge in [-0.2, -0.15) is 4.98 Å². The molecule has 0 aliphatic carbocycles. The van der Waals surface area contributed by atoms with Crippen molar-refractivity contribution in [3.05, 3.63) is 70.1 Å². The molecular formula is C19H14ClN3O4S. The molecule has 0 fully saturated rings. The van der Waals surface area contributed by atoms with Crippen molar-refractivity contribution in [1.82, 2.24) is 4.98 Å².